The van der Waals surface area contributed by atoms with Crippen molar-refractivity contribution in [2.24, 2.45) is 0 Å². The molecule has 0 bridgehead atoms. The number of cyclic esters (lactones) is 1. The summed E-state index contributed by atoms with van der Waals surface area (Å²) >= 11 is 6.57. The lowest BCUT2D eigenvalue weighted by Crippen LogP contribution is -2.53. The van der Waals surface area contributed by atoms with Gasteiger partial charge in [0.05, 0.1) is 17.5 Å². The van der Waals surface area contributed by atoms with Crippen LogP contribution in [0.4, 0.5) is 23.7 Å². The third-order valence-electron chi connectivity index (χ3n) is 5.60. The minimum Gasteiger partial charge on any atom is -0.449 e. The van der Waals surface area contributed by atoms with Crippen LogP contribution in [0.3, 0.4) is 0 Å². The minimum atomic E-state index is -4.59. The molecule has 10 heteroatoms. The van der Waals surface area contributed by atoms with Crippen LogP contribution in [0, 0.1) is 0 Å². The molecule has 0 spiro atoms. The van der Waals surface area contributed by atoms with E-state index in [0.717, 1.165) is 0 Å². The van der Waals surface area contributed by atoms with Crippen LogP contribution in [0.1, 0.15) is 30.7 Å². The number of alkyl halides is 3. The molecule has 2 aliphatic rings. The lowest BCUT2D eigenvalue weighted by Gasteiger charge is -2.35. The number of carbonyl (C=O) groups excluding carboxylic acids is 3. The van der Waals surface area contributed by atoms with Gasteiger partial charge in [0, 0.05) is 24.1 Å². The Bertz CT molecular complexity index is 1070. The Morgan fingerprint density at radius 3 is 2.41 bits per heavy atom. The molecular weight excluding hydrogens is 449 g/mol. The number of halogens is 4. The molecule has 1 N–H and O–H groups in total. The van der Waals surface area contributed by atoms with E-state index in [9.17, 15) is 27.6 Å². The van der Waals surface area contributed by atoms with Crippen molar-refractivity contribution in [3.05, 3.63) is 53.1 Å². The van der Waals surface area contributed by atoms with E-state index in [0.29, 0.717) is 33.0 Å². The van der Waals surface area contributed by atoms with Gasteiger partial charge in [-0.2, -0.15) is 13.2 Å². The zero-order chi connectivity index (χ0) is 23.0. The van der Waals surface area contributed by atoms with E-state index in [-0.39, 0.29) is 31.0 Å². The zero-order valence-electron chi connectivity index (χ0n) is 16.6. The van der Waals surface area contributed by atoms with Crippen LogP contribution in [0.2, 0.25) is 5.02 Å². The van der Waals surface area contributed by atoms with Gasteiger partial charge >= 0.3 is 12.3 Å². The molecule has 6 nitrogen and oxygen atoms in total. The summed E-state index contributed by atoms with van der Waals surface area (Å²) in [6.45, 7) is -0.291. The normalized spacial score (nSPS) is 21.9. The molecule has 2 aromatic rings. The molecule has 2 fully saturated rings. The monoisotopic (exact) mass is 466 g/mol. The number of hydrogen-bond acceptors (Lipinski definition) is 4. The van der Waals surface area contributed by atoms with Gasteiger partial charge in [-0.25, -0.2) is 4.79 Å². The molecule has 0 aliphatic carbocycles. The van der Waals surface area contributed by atoms with E-state index in [2.05, 4.69) is 5.32 Å². The van der Waals surface area contributed by atoms with E-state index >= 15 is 0 Å². The molecule has 2 aromatic carbocycles. The first-order chi connectivity index (χ1) is 15.2. The first-order valence-corrected chi connectivity index (χ1v) is 10.3. The lowest BCUT2D eigenvalue weighted by molar-refractivity contribution is -0.154. The Labute approximate surface area is 186 Å². The smallest absolute Gasteiger partial charge is 0.414 e. The lowest BCUT2D eigenvalue weighted by atomic mass is 9.88. The van der Waals surface area contributed by atoms with Crippen molar-refractivity contribution in [3.63, 3.8) is 0 Å². The number of rotatable bonds is 3. The van der Waals surface area contributed by atoms with E-state index < -0.39 is 30.1 Å². The Morgan fingerprint density at radius 2 is 1.75 bits per heavy atom. The van der Waals surface area contributed by atoms with Crippen molar-refractivity contribution in [1.29, 1.82) is 0 Å². The molecule has 2 unspecified atom stereocenters. The maximum Gasteiger partial charge on any atom is 0.414 e. The van der Waals surface area contributed by atoms with Gasteiger partial charge in [-0.05, 0) is 29.7 Å². The van der Waals surface area contributed by atoms with Crippen molar-refractivity contribution in [3.8, 4) is 11.1 Å². The topological polar surface area (TPSA) is 75.7 Å². The van der Waals surface area contributed by atoms with Crippen LogP contribution in [-0.2, 0) is 14.3 Å². The molecule has 2 heterocycles. The number of imide groups is 1. The van der Waals surface area contributed by atoms with Crippen molar-refractivity contribution in [2.75, 3.05) is 11.5 Å². The summed E-state index contributed by atoms with van der Waals surface area (Å²) in [5, 5.41) is 2.62. The number of hydrogen-bond donors (Lipinski definition) is 1. The fraction of sp³-hybridized carbons (Fsp3) is 0.318. The molecule has 2 aliphatic heterocycles. The molecule has 2 atom stereocenters. The van der Waals surface area contributed by atoms with Gasteiger partial charge in [0.1, 0.15) is 6.04 Å². The highest BCUT2D eigenvalue weighted by Crippen LogP contribution is 2.39. The zero-order valence-corrected chi connectivity index (χ0v) is 17.4. The van der Waals surface area contributed by atoms with E-state index in [1.54, 1.807) is 30.3 Å². The third kappa shape index (κ3) is 4.17. The molecule has 32 heavy (non-hydrogen) atoms. The van der Waals surface area contributed by atoms with Crippen LogP contribution in [0.5, 0.6) is 0 Å². The second-order valence-electron chi connectivity index (χ2n) is 7.59. The van der Waals surface area contributed by atoms with E-state index in [1.807, 2.05) is 0 Å². The van der Waals surface area contributed by atoms with Crippen molar-refractivity contribution >= 4 is 35.2 Å². The number of nitrogens with zero attached hydrogens (tertiary/aromatic N) is 1. The number of amides is 3. The highest BCUT2D eigenvalue weighted by atomic mass is 35.5. The van der Waals surface area contributed by atoms with Crippen LogP contribution in [-0.4, -0.2) is 36.7 Å². The largest absolute Gasteiger partial charge is 0.449 e. The Balaban J connectivity index is 1.64. The number of ether oxygens (including phenoxy) is 1. The summed E-state index contributed by atoms with van der Waals surface area (Å²) in [5.41, 5.74) is 1.80. The highest BCUT2D eigenvalue weighted by Gasteiger charge is 2.48. The Morgan fingerprint density at radius 1 is 1.03 bits per heavy atom. The SMILES string of the molecule is O=C1CCC(c2cccc(-c3ccc(N4C(=O)OCCC4C(F)(F)F)cc3)c2Cl)C(=O)N1. The quantitative estimate of drug-likeness (QED) is 0.659. The van der Waals surface area contributed by atoms with Gasteiger partial charge in [-0.15, -0.1) is 0 Å². The maximum atomic E-state index is 13.4. The van der Waals surface area contributed by atoms with Crippen LogP contribution in [0.25, 0.3) is 11.1 Å². The number of carbonyl (C=O) groups is 3. The maximum absolute atomic E-state index is 13.4. The summed E-state index contributed by atoms with van der Waals surface area (Å²) < 4.78 is 45.0. The van der Waals surface area contributed by atoms with Gasteiger partial charge in [-0.1, -0.05) is 41.9 Å². The first kappa shape index (κ1) is 22.1. The van der Waals surface area contributed by atoms with Crippen molar-refractivity contribution < 1.29 is 32.3 Å². The third-order valence-corrected chi connectivity index (χ3v) is 6.02. The summed E-state index contributed by atoms with van der Waals surface area (Å²) in [5.74, 6) is -1.32. The Kier molecular flexibility index (Phi) is 5.85. The number of anilines is 1. The molecule has 0 radical (unpaired) electrons. The molecular formula is C22H18ClF3N2O4. The highest BCUT2D eigenvalue weighted by molar-refractivity contribution is 6.34. The molecule has 0 saturated carbocycles. The second kappa shape index (κ2) is 8.46. The first-order valence-electron chi connectivity index (χ1n) is 9.92. The number of nitrogens with one attached hydrogen (secondary N) is 1. The predicted molar refractivity (Wildman–Crippen MR) is 110 cm³/mol. The second-order valence-corrected chi connectivity index (χ2v) is 7.97. The average molecular weight is 467 g/mol. The molecule has 2 saturated heterocycles. The number of benzene rings is 2. The summed E-state index contributed by atoms with van der Waals surface area (Å²) in [6.07, 6.45) is -5.45. The van der Waals surface area contributed by atoms with Crippen LogP contribution < -0.4 is 10.2 Å². The summed E-state index contributed by atoms with van der Waals surface area (Å²) in [7, 11) is 0. The number of piperidine rings is 1. The standard InChI is InChI=1S/C22H18ClF3N2O4/c23-19-14(2-1-3-15(19)16-8-9-18(29)27-20(16)30)12-4-6-13(7-5-12)28-17(22(24,25)26)10-11-32-21(28)31/h1-7,16-17H,8-11H2,(H,27,29,30). The van der Waals surface area contributed by atoms with Crippen molar-refractivity contribution in [2.45, 2.75) is 37.4 Å². The molecule has 0 aromatic heterocycles. The fourth-order valence-electron chi connectivity index (χ4n) is 4.01. The van der Waals surface area contributed by atoms with Gasteiger partial charge in [0.2, 0.25) is 11.8 Å². The predicted octanol–water partition coefficient (Wildman–Crippen LogP) is 4.80. The minimum absolute atomic E-state index is 0.0539. The van der Waals surface area contributed by atoms with Crippen LogP contribution >= 0.6 is 11.6 Å². The summed E-state index contributed by atoms with van der Waals surface area (Å²) in [4.78, 5) is 36.3. The summed E-state index contributed by atoms with van der Waals surface area (Å²) in [6, 6.07) is 9.09. The van der Waals surface area contributed by atoms with Crippen molar-refractivity contribution in [1.82, 2.24) is 5.32 Å². The van der Waals surface area contributed by atoms with Gasteiger partial charge in [0.25, 0.3) is 0 Å². The molecule has 168 valence electrons. The van der Waals surface area contributed by atoms with Crippen LogP contribution in [0.15, 0.2) is 42.5 Å². The van der Waals surface area contributed by atoms with E-state index in [1.165, 1.54) is 12.1 Å². The Hall–Kier alpha value is -3.07. The van der Waals surface area contributed by atoms with Gasteiger partial charge in [0.15, 0.2) is 0 Å². The van der Waals surface area contributed by atoms with E-state index in [4.69, 9.17) is 16.3 Å². The van der Waals surface area contributed by atoms with Gasteiger partial charge in [-0.3, -0.25) is 19.8 Å². The average Bonchev–Trinajstić information content (AvgIpc) is 2.74. The molecule has 3 amide bonds. The fourth-order valence-corrected chi connectivity index (χ4v) is 4.38. The molecule has 4 rings (SSSR count). The van der Waals surface area contributed by atoms with Gasteiger partial charge < -0.3 is 4.74 Å².